The smallest absolute Gasteiger partial charge is 0.340 e. The van der Waals surface area contributed by atoms with Crippen molar-refractivity contribution in [1.82, 2.24) is 5.32 Å². The summed E-state index contributed by atoms with van der Waals surface area (Å²) in [5.41, 5.74) is 6.11. The van der Waals surface area contributed by atoms with Crippen molar-refractivity contribution < 1.29 is 23.9 Å². The third-order valence-corrected chi connectivity index (χ3v) is 4.05. The molecule has 2 atom stereocenters. The number of nitrogens with one attached hydrogen (secondary N) is 1. The number of benzene rings is 1. The van der Waals surface area contributed by atoms with Gasteiger partial charge in [-0.05, 0) is 24.1 Å². The summed E-state index contributed by atoms with van der Waals surface area (Å²) in [5, 5.41) is 2.52. The Bertz CT molecular complexity index is 620. The zero-order valence-corrected chi connectivity index (χ0v) is 15.4. The van der Waals surface area contributed by atoms with Crippen LogP contribution in [-0.4, -0.2) is 37.6 Å². The van der Waals surface area contributed by atoms with Gasteiger partial charge in [-0.15, -0.1) is 0 Å². The minimum absolute atomic E-state index is 0.113. The first-order chi connectivity index (χ1) is 11.3. The number of carbonyl (C=O) groups excluding carboxylic acids is 3. The largest absolute Gasteiger partial charge is 0.467 e. The lowest BCUT2D eigenvalue weighted by molar-refractivity contribution is -0.147. The molecule has 3 N–H and O–H groups in total. The Morgan fingerprint density at radius 3 is 2.58 bits per heavy atom. The molecular formula is C16H21BrN2O5. The molecule has 0 saturated heterocycles. The van der Waals surface area contributed by atoms with Crippen LogP contribution < -0.4 is 11.1 Å². The standard InChI is InChI=1S/C16H21BrN2O5/c1-4-9(2)14(16(22)23-3)19-13(20)8-24-15(21)11-7-10(17)5-6-12(11)18/h5-7,9,14H,4,8,18H2,1-3H3,(H,19,20)/t9-,14+/m0/s1. The Morgan fingerprint density at radius 2 is 2.00 bits per heavy atom. The second-order valence-electron chi connectivity index (χ2n) is 5.26. The fourth-order valence-corrected chi connectivity index (χ4v) is 2.29. The molecule has 1 amide bonds. The van der Waals surface area contributed by atoms with E-state index in [1.807, 2.05) is 13.8 Å². The van der Waals surface area contributed by atoms with Crippen LogP contribution in [0.2, 0.25) is 0 Å². The van der Waals surface area contributed by atoms with Crippen LogP contribution in [0.1, 0.15) is 30.6 Å². The van der Waals surface area contributed by atoms with Crippen molar-refractivity contribution in [3.63, 3.8) is 0 Å². The summed E-state index contributed by atoms with van der Waals surface area (Å²) in [4.78, 5) is 35.7. The van der Waals surface area contributed by atoms with E-state index in [2.05, 4.69) is 26.0 Å². The van der Waals surface area contributed by atoms with Crippen molar-refractivity contribution in [2.24, 2.45) is 5.92 Å². The lowest BCUT2D eigenvalue weighted by Crippen LogP contribution is -2.47. The number of methoxy groups -OCH3 is 1. The lowest BCUT2D eigenvalue weighted by Gasteiger charge is -2.21. The summed E-state index contributed by atoms with van der Waals surface area (Å²) in [6.45, 7) is 3.19. The van der Waals surface area contributed by atoms with Gasteiger partial charge in [0.2, 0.25) is 0 Å². The number of anilines is 1. The number of carbonyl (C=O) groups is 3. The number of esters is 2. The van der Waals surface area contributed by atoms with Crippen molar-refractivity contribution in [2.75, 3.05) is 19.5 Å². The fraction of sp³-hybridized carbons (Fsp3) is 0.438. The molecule has 0 spiro atoms. The number of amides is 1. The Balaban J connectivity index is 2.66. The summed E-state index contributed by atoms with van der Waals surface area (Å²) in [5.74, 6) is -1.96. The Kier molecular flexibility index (Phi) is 7.70. The molecule has 0 radical (unpaired) electrons. The number of hydrogen-bond donors (Lipinski definition) is 2. The molecular weight excluding hydrogens is 380 g/mol. The molecule has 0 unspecified atom stereocenters. The predicted molar refractivity (Wildman–Crippen MR) is 92.2 cm³/mol. The van der Waals surface area contributed by atoms with Gasteiger partial charge in [0.15, 0.2) is 6.61 Å². The zero-order valence-electron chi connectivity index (χ0n) is 13.8. The molecule has 1 aromatic rings. The molecule has 1 rings (SSSR count). The van der Waals surface area contributed by atoms with Gasteiger partial charge < -0.3 is 20.5 Å². The molecule has 0 fully saturated rings. The van der Waals surface area contributed by atoms with Gasteiger partial charge in [0.05, 0.1) is 12.7 Å². The average Bonchev–Trinajstić information content (AvgIpc) is 2.58. The Morgan fingerprint density at radius 1 is 1.33 bits per heavy atom. The van der Waals surface area contributed by atoms with Crippen LogP contribution in [0, 0.1) is 5.92 Å². The number of halogens is 1. The average molecular weight is 401 g/mol. The maximum absolute atomic E-state index is 12.0. The summed E-state index contributed by atoms with van der Waals surface area (Å²) >= 11 is 3.23. The maximum Gasteiger partial charge on any atom is 0.340 e. The van der Waals surface area contributed by atoms with Gasteiger partial charge in [0.25, 0.3) is 5.91 Å². The van der Waals surface area contributed by atoms with E-state index < -0.39 is 30.5 Å². The topological polar surface area (TPSA) is 108 Å². The molecule has 7 nitrogen and oxygen atoms in total. The highest BCUT2D eigenvalue weighted by Gasteiger charge is 2.27. The lowest BCUT2D eigenvalue weighted by atomic mass is 9.99. The molecule has 8 heteroatoms. The molecule has 0 aliphatic carbocycles. The second-order valence-corrected chi connectivity index (χ2v) is 6.18. The predicted octanol–water partition coefficient (Wildman–Crippen LogP) is 1.89. The van der Waals surface area contributed by atoms with Crippen LogP contribution in [0.4, 0.5) is 5.69 Å². The first kappa shape index (κ1) is 20.0. The van der Waals surface area contributed by atoms with E-state index >= 15 is 0 Å². The third-order valence-electron chi connectivity index (χ3n) is 3.55. The van der Waals surface area contributed by atoms with Crippen LogP contribution in [0.15, 0.2) is 22.7 Å². The molecule has 0 saturated carbocycles. The fourth-order valence-electron chi connectivity index (χ4n) is 1.93. The van der Waals surface area contributed by atoms with E-state index in [0.717, 1.165) is 0 Å². The molecule has 0 bridgehead atoms. The van der Waals surface area contributed by atoms with Gasteiger partial charge in [-0.25, -0.2) is 9.59 Å². The van der Waals surface area contributed by atoms with Crippen LogP contribution in [0.25, 0.3) is 0 Å². The Labute approximate surface area is 149 Å². The quantitative estimate of drug-likeness (QED) is 0.534. The minimum Gasteiger partial charge on any atom is -0.467 e. The highest BCUT2D eigenvalue weighted by molar-refractivity contribution is 9.10. The zero-order chi connectivity index (χ0) is 18.3. The minimum atomic E-state index is -0.790. The van der Waals surface area contributed by atoms with Crippen LogP contribution in [0.3, 0.4) is 0 Å². The molecule has 1 aromatic carbocycles. The first-order valence-corrected chi connectivity index (χ1v) is 8.18. The Hall–Kier alpha value is -2.09. The molecule has 0 aliphatic rings. The number of rotatable bonds is 7. The van der Waals surface area contributed by atoms with Crippen molar-refractivity contribution in [1.29, 1.82) is 0 Å². The number of nitrogens with two attached hydrogens (primary N) is 1. The van der Waals surface area contributed by atoms with Gasteiger partial charge in [-0.3, -0.25) is 4.79 Å². The van der Waals surface area contributed by atoms with Gasteiger partial charge in [0, 0.05) is 10.2 Å². The molecule has 24 heavy (non-hydrogen) atoms. The van der Waals surface area contributed by atoms with Gasteiger partial charge in [-0.1, -0.05) is 36.2 Å². The van der Waals surface area contributed by atoms with Gasteiger partial charge in [0.1, 0.15) is 6.04 Å². The third kappa shape index (κ3) is 5.52. The summed E-state index contributed by atoms with van der Waals surface area (Å²) in [6, 6.07) is 3.96. The van der Waals surface area contributed by atoms with E-state index in [4.69, 9.17) is 10.5 Å². The van der Waals surface area contributed by atoms with Crippen molar-refractivity contribution in [3.05, 3.63) is 28.2 Å². The summed E-state index contributed by atoms with van der Waals surface area (Å²) in [7, 11) is 1.25. The van der Waals surface area contributed by atoms with E-state index in [1.165, 1.54) is 13.2 Å². The van der Waals surface area contributed by atoms with Crippen molar-refractivity contribution >= 4 is 39.5 Å². The SMILES string of the molecule is CC[C@H](C)[C@@H](NC(=O)COC(=O)c1cc(Br)ccc1N)C(=O)OC. The summed E-state index contributed by atoms with van der Waals surface area (Å²) in [6.07, 6.45) is 0.675. The second kappa shape index (κ2) is 9.27. The maximum atomic E-state index is 12.0. The van der Waals surface area contributed by atoms with E-state index in [9.17, 15) is 14.4 Å². The van der Waals surface area contributed by atoms with Crippen molar-refractivity contribution in [2.45, 2.75) is 26.3 Å². The number of hydrogen-bond acceptors (Lipinski definition) is 6. The van der Waals surface area contributed by atoms with Crippen molar-refractivity contribution in [3.8, 4) is 0 Å². The monoisotopic (exact) mass is 400 g/mol. The van der Waals surface area contributed by atoms with Gasteiger partial charge in [-0.2, -0.15) is 0 Å². The molecule has 0 aliphatic heterocycles. The van der Waals surface area contributed by atoms with Crippen LogP contribution in [-0.2, 0) is 19.1 Å². The molecule has 0 heterocycles. The van der Waals surface area contributed by atoms with E-state index in [-0.39, 0.29) is 17.2 Å². The van der Waals surface area contributed by atoms with Crippen LogP contribution >= 0.6 is 15.9 Å². The van der Waals surface area contributed by atoms with Crippen LogP contribution in [0.5, 0.6) is 0 Å². The normalized spacial score (nSPS) is 12.8. The number of nitrogen functional groups attached to an aromatic ring is 1. The highest BCUT2D eigenvalue weighted by atomic mass is 79.9. The van der Waals surface area contributed by atoms with Gasteiger partial charge >= 0.3 is 11.9 Å². The first-order valence-electron chi connectivity index (χ1n) is 7.39. The highest BCUT2D eigenvalue weighted by Crippen LogP contribution is 2.19. The molecule has 0 aromatic heterocycles. The molecule has 132 valence electrons. The van der Waals surface area contributed by atoms with E-state index in [0.29, 0.717) is 10.9 Å². The van der Waals surface area contributed by atoms with E-state index in [1.54, 1.807) is 12.1 Å². The number of ether oxygens (including phenoxy) is 2. The summed E-state index contributed by atoms with van der Waals surface area (Å²) < 4.78 is 10.3.